The Labute approximate surface area is 79.6 Å². The third kappa shape index (κ3) is 3.10. The topological polar surface area (TPSA) is 9.23 Å². The van der Waals surface area contributed by atoms with Crippen LogP contribution < -0.4 is 0 Å². The second kappa shape index (κ2) is 4.80. The van der Waals surface area contributed by atoms with Gasteiger partial charge in [0.05, 0.1) is 12.9 Å². The van der Waals surface area contributed by atoms with Gasteiger partial charge < -0.3 is 4.74 Å². The molecule has 1 unspecified atom stereocenters. The van der Waals surface area contributed by atoms with E-state index in [9.17, 15) is 0 Å². The number of thioether (sulfide) groups is 1. The minimum absolute atomic E-state index is 0.548. The molecule has 2 heteroatoms. The number of hydrogen-bond donors (Lipinski definition) is 0. The van der Waals surface area contributed by atoms with Crippen LogP contribution >= 0.6 is 11.8 Å². The Kier molecular flexibility index (Phi) is 3.99. The molecule has 0 spiro atoms. The lowest BCUT2D eigenvalue weighted by Gasteiger charge is -2.21. The molecule has 1 saturated heterocycles. The monoisotopic (exact) mass is 186 g/mol. The van der Waals surface area contributed by atoms with Crippen molar-refractivity contribution in [1.82, 2.24) is 0 Å². The van der Waals surface area contributed by atoms with E-state index in [1.807, 2.05) is 13.0 Å². The van der Waals surface area contributed by atoms with Crippen LogP contribution in [-0.4, -0.2) is 18.1 Å². The van der Waals surface area contributed by atoms with Crippen molar-refractivity contribution in [2.75, 3.05) is 18.1 Å². The minimum atomic E-state index is 0.548. The van der Waals surface area contributed by atoms with E-state index >= 15 is 0 Å². The van der Waals surface area contributed by atoms with Gasteiger partial charge in [-0.25, -0.2) is 0 Å². The average molecular weight is 186 g/mol. The zero-order valence-electron chi connectivity index (χ0n) is 8.01. The minimum Gasteiger partial charge on any atom is -0.502 e. The Hall–Kier alpha value is -0.110. The lowest BCUT2D eigenvalue weighted by Crippen LogP contribution is -2.17. The van der Waals surface area contributed by atoms with E-state index < -0.39 is 0 Å². The molecule has 0 aromatic rings. The summed E-state index contributed by atoms with van der Waals surface area (Å²) in [6, 6.07) is 0. The molecule has 1 fully saturated rings. The highest BCUT2D eigenvalue weighted by Gasteiger charge is 2.28. The van der Waals surface area contributed by atoms with Crippen LogP contribution in [0.5, 0.6) is 0 Å². The summed E-state index contributed by atoms with van der Waals surface area (Å²) in [5, 5.41) is 0. The number of allylic oxidation sites excluding steroid dienone is 1. The van der Waals surface area contributed by atoms with E-state index in [1.54, 1.807) is 6.26 Å². The fourth-order valence-electron chi connectivity index (χ4n) is 1.38. The molecule has 0 bridgehead atoms. The average Bonchev–Trinajstić information content (AvgIpc) is 2.47. The molecule has 0 aliphatic carbocycles. The Morgan fingerprint density at radius 2 is 2.42 bits per heavy atom. The Balaban J connectivity index is 2.12. The predicted octanol–water partition coefficient (Wildman–Crippen LogP) is 3.07. The molecule has 1 nitrogen and oxygen atoms in total. The fraction of sp³-hybridized carbons (Fsp3) is 0.800. The van der Waals surface area contributed by atoms with Crippen molar-refractivity contribution in [2.24, 2.45) is 5.41 Å². The Morgan fingerprint density at radius 1 is 1.58 bits per heavy atom. The molecule has 12 heavy (non-hydrogen) atoms. The van der Waals surface area contributed by atoms with Crippen LogP contribution in [0.1, 0.15) is 26.7 Å². The first-order valence-corrected chi connectivity index (χ1v) is 5.73. The molecule has 1 rings (SSSR count). The summed E-state index contributed by atoms with van der Waals surface area (Å²) >= 11 is 2.07. The number of ether oxygens (including phenoxy) is 1. The van der Waals surface area contributed by atoms with E-state index in [0.717, 1.165) is 6.61 Å². The lowest BCUT2D eigenvalue weighted by molar-refractivity contribution is 0.190. The van der Waals surface area contributed by atoms with Crippen molar-refractivity contribution in [3.8, 4) is 0 Å². The molecule has 0 radical (unpaired) electrons. The van der Waals surface area contributed by atoms with Crippen LogP contribution in [0, 0.1) is 5.41 Å². The van der Waals surface area contributed by atoms with Gasteiger partial charge in [-0.2, -0.15) is 11.8 Å². The maximum absolute atomic E-state index is 5.32. The molecule has 70 valence electrons. The SMILES string of the molecule is C/C=C/OCCC1(C)CCSC1. The summed E-state index contributed by atoms with van der Waals surface area (Å²) in [6.07, 6.45) is 6.28. The first kappa shape index (κ1) is 9.97. The molecule has 0 aromatic heterocycles. The predicted molar refractivity (Wildman–Crippen MR) is 55.4 cm³/mol. The highest BCUT2D eigenvalue weighted by Crippen LogP contribution is 2.38. The van der Waals surface area contributed by atoms with Crippen LogP contribution in [0.4, 0.5) is 0 Å². The van der Waals surface area contributed by atoms with Crippen LogP contribution in [0.3, 0.4) is 0 Å². The van der Waals surface area contributed by atoms with Gasteiger partial charge >= 0.3 is 0 Å². The zero-order chi connectivity index (χ0) is 8.86. The third-order valence-electron chi connectivity index (χ3n) is 2.36. The van der Waals surface area contributed by atoms with Gasteiger partial charge in [-0.05, 0) is 36.7 Å². The molecule has 1 aliphatic heterocycles. The van der Waals surface area contributed by atoms with E-state index in [-0.39, 0.29) is 0 Å². The van der Waals surface area contributed by atoms with Gasteiger partial charge in [-0.1, -0.05) is 13.0 Å². The van der Waals surface area contributed by atoms with Crippen molar-refractivity contribution < 1.29 is 4.74 Å². The van der Waals surface area contributed by atoms with Gasteiger partial charge in [0.25, 0.3) is 0 Å². The molecule has 0 amide bonds. The molecular weight excluding hydrogens is 168 g/mol. The first-order valence-electron chi connectivity index (χ1n) is 4.57. The summed E-state index contributed by atoms with van der Waals surface area (Å²) in [6.45, 7) is 5.22. The van der Waals surface area contributed by atoms with Crippen molar-refractivity contribution in [3.63, 3.8) is 0 Å². The summed E-state index contributed by atoms with van der Waals surface area (Å²) < 4.78 is 5.32. The molecule has 0 aromatic carbocycles. The molecule has 0 N–H and O–H groups in total. The largest absolute Gasteiger partial charge is 0.502 e. The van der Waals surface area contributed by atoms with Gasteiger partial charge in [0, 0.05) is 0 Å². The quantitative estimate of drug-likeness (QED) is 0.493. The highest BCUT2D eigenvalue weighted by molar-refractivity contribution is 7.99. The van der Waals surface area contributed by atoms with Crippen LogP contribution in [0.15, 0.2) is 12.3 Å². The van der Waals surface area contributed by atoms with Crippen molar-refractivity contribution in [1.29, 1.82) is 0 Å². The molecule has 1 aliphatic rings. The molecule has 0 saturated carbocycles. The Bertz CT molecular complexity index is 148. The van der Waals surface area contributed by atoms with Crippen LogP contribution in [-0.2, 0) is 4.74 Å². The summed E-state index contributed by atoms with van der Waals surface area (Å²) in [5.41, 5.74) is 0.548. The summed E-state index contributed by atoms with van der Waals surface area (Å²) in [5.74, 6) is 2.65. The van der Waals surface area contributed by atoms with Gasteiger partial charge in [-0.3, -0.25) is 0 Å². The maximum atomic E-state index is 5.32. The van der Waals surface area contributed by atoms with E-state index in [2.05, 4.69) is 18.7 Å². The van der Waals surface area contributed by atoms with Gasteiger partial charge in [0.2, 0.25) is 0 Å². The van der Waals surface area contributed by atoms with E-state index in [4.69, 9.17) is 4.74 Å². The van der Waals surface area contributed by atoms with Crippen LogP contribution in [0.2, 0.25) is 0 Å². The number of hydrogen-bond acceptors (Lipinski definition) is 2. The van der Waals surface area contributed by atoms with Crippen molar-refractivity contribution in [2.45, 2.75) is 26.7 Å². The van der Waals surface area contributed by atoms with Gasteiger partial charge in [-0.15, -0.1) is 0 Å². The van der Waals surface area contributed by atoms with Crippen molar-refractivity contribution >= 4 is 11.8 Å². The standard InChI is InChI=1S/C10H18OS/c1-3-6-11-7-4-10(2)5-8-12-9-10/h3,6H,4-5,7-9H2,1-2H3/b6-3+. The summed E-state index contributed by atoms with van der Waals surface area (Å²) in [7, 11) is 0. The van der Waals surface area contributed by atoms with E-state index in [1.165, 1.54) is 24.3 Å². The third-order valence-corrected chi connectivity index (χ3v) is 3.75. The van der Waals surface area contributed by atoms with Gasteiger partial charge in [0.1, 0.15) is 0 Å². The Morgan fingerprint density at radius 3 is 3.00 bits per heavy atom. The zero-order valence-corrected chi connectivity index (χ0v) is 8.82. The molecule has 1 heterocycles. The maximum Gasteiger partial charge on any atom is 0.0878 e. The normalized spacial score (nSPS) is 29.8. The van der Waals surface area contributed by atoms with Crippen molar-refractivity contribution in [3.05, 3.63) is 12.3 Å². The number of rotatable bonds is 4. The smallest absolute Gasteiger partial charge is 0.0878 e. The molecular formula is C10H18OS. The summed E-state index contributed by atoms with van der Waals surface area (Å²) in [4.78, 5) is 0. The molecule has 1 atom stereocenters. The second-order valence-electron chi connectivity index (χ2n) is 3.70. The first-order chi connectivity index (χ1) is 5.77. The fourth-order valence-corrected chi connectivity index (χ4v) is 2.94. The van der Waals surface area contributed by atoms with Crippen LogP contribution in [0.25, 0.3) is 0 Å². The lowest BCUT2D eigenvalue weighted by atomic mass is 9.87. The highest BCUT2D eigenvalue weighted by atomic mass is 32.2. The van der Waals surface area contributed by atoms with E-state index in [0.29, 0.717) is 5.41 Å². The van der Waals surface area contributed by atoms with Gasteiger partial charge in [0.15, 0.2) is 0 Å². The second-order valence-corrected chi connectivity index (χ2v) is 4.81.